The zero-order valence-electron chi connectivity index (χ0n) is 10.7. The molecule has 1 unspecified atom stereocenters. The Morgan fingerprint density at radius 3 is 2.89 bits per heavy atom. The number of esters is 1. The van der Waals surface area contributed by atoms with Crippen LogP contribution in [-0.4, -0.2) is 10.5 Å². The summed E-state index contributed by atoms with van der Waals surface area (Å²) < 4.78 is 6.82. The van der Waals surface area contributed by atoms with Gasteiger partial charge in [-0.1, -0.05) is 0 Å². The molecule has 0 saturated heterocycles. The predicted octanol–water partition coefficient (Wildman–Crippen LogP) is 2.20. The number of aryl methyl sites for hydroxylation is 1. The largest absolute Gasteiger partial charge is 0.426 e. The Hall–Kier alpha value is -1.88. The zero-order valence-corrected chi connectivity index (χ0v) is 11.5. The molecule has 0 bridgehead atoms. The summed E-state index contributed by atoms with van der Waals surface area (Å²) in [5.41, 5.74) is 2.29. The Kier molecular flexibility index (Phi) is 2.78. The smallest absolute Gasteiger partial charge is 0.312 e. The third-order valence-electron chi connectivity index (χ3n) is 3.56. The van der Waals surface area contributed by atoms with Crippen molar-refractivity contribution in [1.82, 2.24) is 4.57 Å². The summed E-state index contributed by atoms with van der Waals surface area (Å²) in [4.78, 5) is 24.1. The molecule has 5 heteroatoms. The van der Waals surface area contributed by atoms with E-state index >= 15 is 0 Å². The minimum absolute atomic E-state index is 0.0845. The summed E-state index contributed by atoms with van der Waals surface area (Å²) in [7, 11) is 1.74. The van der Waals surface area contributed by atoms with E-state index < -0.39 is 0 Å². The van der Waals surface area contributed by atoms with Crippen LogP contribution in [0.15, 0.2) is 27.7 Å². The van der Waals surface area contributed by atoms with Crippen LogP contribution >= 0.6 is 11.3 Å². The Bertz CT molecular complexity index is 700. The van der Waals surface area contributed by atoms with Crippen LogP contribution < -0.4 is 10.3 Å². The fraction of sp³-hybridized carbons (Fsp3) is 0.286. The number of carbonyl (C=O) groups is 1. The lowest BCUT2D eigenvalue weighted by atomic mass is 9.88. The van der Waals surface area contributed by atoms with Crippen LogP contribution in [0, 0.1) is 6.92 Å². The molecular formula is C14H13NO3S. The zero-order chi connectivity index (χ0) is 13.6. The minimum atomic E-state index is -0.281. The highest BCUT2D eigenvalue weighted by atomic mass is 32.1. The van der Waals surface area contributed by atoms with Crippen LogP contribution in [0.5, 0.6) is 5.75 Å². The molecule has 0 fully saturated rings. The number of fused-ring (bicyclic) bond motifs is 1. The van der Waals surface area contributed by atoms with Crippen molar-refractivity contribution in [3.8, 4) is 5.75 Å². The van der Waals surface area contributed by atoms with Gasteiger partial charge in [-0.15, -0.1) is 0 Å². The molecule has 0 spiro atoms. The van der Waals surface area contributed by atoms with E-state index in [-0.39, 0.29) is 23.9 Å². The number of thiophene rings is 1. The van der Waals surface area contributed by atoms with E-state index in [4.69, 9.17) is 4.74 Å². The SMILES string of the molecule is Cc1cc2c(c(=O)n1C)C(c1ccsc1)CC(=O)O2. The highest BCUT2D eigenvalue weighted by Gasteiger charge is 2.32. The van der Waals surface area contributed by atoms with Crippen molar-refractivity contribution in [3.05, 3.63) is 50.1 Å². The maximum Gasteiger partial charge on any atom is 0.312 e. The Morgan fingerprint density at radius 2 is 2.21 bits per heavy atom. The molecule has 3 rings (SSSR count). The molecule has 0 amide bonds. The number of hydrogen-bond acceptors (Lipinski definition) is 4. The monoisotopic (exact) mass is 275 g/mol. The van der Waals surface area contributed by atoms with Gasteiger partial charge in [0.05, 0.1) is 12.0 Å². The number of aromatic nitrogens is 1. The number of pyridine rings is 1. The average Bonchev–Trinajstić information content (AvgIpc) is 2.88. The third-order valence-corrected chi connectivity index (χ3v) is 4.26. The maximum atomic E-state index is 12.4. The van der Waals surface area contributed by atoms with Crippen molar-refractivity contribution in [2.24, 2.45) is 7.05 Å². The van der Waals surface area contributed by atoms with Crippen molar-refractivity contribution < 1.29 is 9.53 Å². The molecule has 1 atom stereocenters. The lowest BCUT2D eigenvalue weighted by Crippen LogP contribution is -2.31. The molecule has 2 aromatic rings. The van der Waals surface area contributed by atoms with E-state index in [1.54, 1.807) is 29.0 Å². The molecule has 0 saturated carbocycles. The molecule has 0 N–H and O–H groups in total. The average molecular weight is 275 g/mol. The molecule has 0 aromatic carbocycles. The molecule has 19 heavy (non-hydrogen) atoms. The lowest BCUT2D eigenvalue weighted by molar-refractivity contribution is -0.135. The fourth-order valence-corrected chi connectivity index (χ4v) is 3.12. The predicted molar refractivity (Wildman–Crippen MR) is 72.8 cm³/mol. The van der Waals surface area contributed by atoms with Crippen molar-refractivity contribution >= 4 is 17.3 Å². The summed E-state index contributed by atoms with van der Waals surface area (Å²) >= 11 is 1.56. The molecule has 0 radical (unpaired) electrons. The van der Waals surface area contributed by atoms with E-state index in [9.17, 15) is 9.59 Å². The number of ether oxygens (including phenoxy) is 1. The van der Waals surface area contributed by atoms with Gasteiger partial charge >= 0.3 is 5.97 Å². The van der Waals surface area contributed by atoms with Gasteiger partial charge in [-0.3, -0.25) is 9.59 Å². The van der Waals surface area contributed by atoms with E-state index in [2.05, 4.69) is 0 Å². The Balaban J connectivity index is 2.26. The molecule has 3 heterocycles. The molecule has 4 nitrogen and oxygen atoms in total. The number of hydrogen-bond donors (Lipinski definition) is 0. The quantitative estimate of drug-likeness (QED) is 0.750. The molecule has 2 aromatic heterocycles. The molecule has 98 valence electrons. The second kappa shape index (κ2) is 4.35. The van der Waals surface area contributed by atoms with E-state index in [1.807, 2.05) is 23.8 Å². The first-order chi connectivity index (χ1) is 9.08. The molecule has 1 aliphatic rings. The van der Waals surface area contributed by atoms with Gasteiger partial charge in [0.2, 0.25) is 0 Å². The second-order valence-corrected chi connectivity index (χ2v) is 5.50. The summed E-state index contributed by atoms with van der Waals surface area (Å²) in [6.45, 7) is 1.82. The van der Waals surface area contributed by atoms with Crippen LogP contribution in [0.25, 0.3) is 0 Å². The van der Waals surface area contributed by atoms with Crippen molar-refractivity contribution in [2.75, 3.05) is 0 Å². The van der Waals surface area contributed by atoms with E-state index in [0.29, 0.717) is 11.3 Å². The molecule has 1 aliphatic heterocycles. The van der Waals surface area contributed by atoms with Gasteiger partial charge in [-0.2, -0.15) is 11.3 Å². The number of nitrogens with zero attached hydrogens (tertiary/aromatic N) is 1. The standard InChI is InChI=1S/C14H13NO3S/c1-8-5-11-13(14(17)15(8)2)10(6-12(16)18-11)9-3-4-19-7-9/h3-5,7,10H,6H2,1-2H3. The first-order valence-electron chi connectivity index (χ1n) is 6.01. The van der Waals surface area contributed by atoms with Gasteiger partial charge in [0.25, 0.3) is 5.56 Å². The summed E-state index contributed by atoms with van der Waals surface area (Å²) in [6, 6.07) is 3.71. The summed E-state index contributed by atoms with van der Waals surface area (Å²) in [5, 5.41) is 3.93. The number of rotatable bonds is 1. The second-order valence-electron chi connectivity index (χ2n) is 4.72. The van der Waals surface area contributed by atoms with Gasteiger partial charge in [-0.25, -0.2) is 0 Å². The Labute approximate surface area is 114 Å². The van der Waals surface area contributed by atoms with Crippen LogP contribution in [0.1, 0.15) is 29.2 Å². The van der Waals surface area contributed by atoms with Crippen LogP contribution in [0.3, 0.4) is 0 Å². The Morgan fingerprint density at radius 1 is 1.42 bits per heavy atom. The third kappa shape index (κ3) is 1.90. The first-order valence-corrected chi connectivity index (χ1v) is 6.95. The lowest BCUT2D eigenvalue weighted by Gasteiger charge is -2.24. The van der Waals surface area contributed by atoms with Crippen molar-refractivity contribution in [2.45, 2.75) is 19.3 Å². The topological polar surface area (TPSA) is 48.3 Å². The van der Waals surface area contributed by atoms with Gasteiger partial charge < -0.3 is 9.30 Å². The maximum absolute atomic E-state index is 12.4. The van der Waals surface area contributed by atoms with E-state index in [0.717, 1.165) is 11.3 Å². The van der Waals surface area contributed by atoms with Crippen molar-refractivity contribution in [1.29, 1.82) is 0 Å². The van der Waals surface area contributed by atoms with Gasteiger partial charge in [0, 0.05) is 24.7 Å². The molecular weight excluding hydrogens is 262 g/mol. The fourth-order valence-electron chi connectivity index (χ4n) is 2.41. The molecule has 0 aliphatic carbocycles. The van der Waals surface area contributed by atoms with Crippen LogP contribution in [0.2, 0.25) is 0 Å². The highest BCUT2D eigenvalue weighted by Crippen LogP contribution is 2.37. The number of carbonyl (C=O) groups excluding carboxylic acids is 1. The summed E-state index contributed by atoms with van der Waals surface area (Å²) in [6.07, 6.45) is 0.224. The normalized spacial score (nSPS) is 18.0. The minimum Gasteiger partial charge on any atom is -0.426 e. The van der Waals surface area contributed by atoms with E-state index in [1.165, 1.54) is 0 Å². The van der Waals surface area contributed by atoms with Crippen LogP contribution in [0.4, 0.5) is 0 Å². The highest BCUT2D eigenvalue weighted by molar-refractivity contribution is 7.08. The van der Waals surface area contributed by atoms with Crippen LogP contribution in [-0.2, 0) is 11.8 Å². The first kappa shape index (κ1) is 12.2. The van der Waals surface area contributed by atoms with Gasteiger partial charge in [0.15, 0.2) is 0 Å². The van der Waals surface area contributed by atoms with Crippen molar-refractivity contribution in [3.63, 3.8) is 0 Å². The summed E-state index contributed by atoms with van der Waals surface area (Å²) in [5.74, 6) is -0.0637. The van der Waals surface area contributed by atoms with Gasteiger partial charge in [-0.05, 0) is 29.3 Å². The van der Waals surface area contributed by atoms with Gasteiger partial charge in [0.1, 0.15) is 5.75 Å².